The first kappa shape index (κ1) is 19.3. The van der Waals surface area contributed by atoms with Gasteiger partial charge in [-0.25, -0.2) is 4.79 Å². The monoisotopic (exact) mass is 375 g/mol. The van der Waals surface area contributed by atoms with Crippen molar-refractivity contribution in [2.75, 3.05) is 27.3 Å². The van der Waals surface area contributed by atoms with Gasteiger partial charge in [-0.3, -0.25) is 4.79 Å². The lowest BCUT2D eigenvalue weighted by atomic mass is 9.87. The third-order valence-corrected chi connectivity index (χ3v) is 5.12. The van der Waals surface area contributed by atoms with Gasteiger partial charge in [-0.15, -0.1) is 0 Å². The Morgan fingerprint density at radius 2 is 1.89 bits per heavy atom. The molecule has 0 aromatic heterocycles. The van der Waals surface area contributed by atoms with Gasteiger partial charge < -0.3 is 25.0 Å². The van der Waals surface area contributed by atoms with E-state index < -0.39 is 0 Å². The zero-order valence-electron chi connectivity index (χ0n) is 16.5. The second kappa shape index (κ2) is 8.06. The Bertz CT molecular complexity index is 702. The average Bonchev–Trinajstić information content (AvgIpc) is 3.34. The lowest BCUT2D eigenvalue weighted by molar-refractivity contribution is -0.125. The number of carbonyl (C=O) groups is 2. The highest BCUT2D eigenvalue weighted by Crippen LogP contribution is 2.39. The number of urea groups is 1. The van der Waals surface area contributed by atoms with Gasteiger partial charge in [0.25, 0.3) is 0 Å². The number of ether oxygens (including phenoxy) is 2. The molecule has 0 radical (unpaired) electrons. The Morgan fingerprint density at radius 1 is 1.15 bits per heavy atom. The summed E-state index contributed by atoms with van der Waals surface area (Å²) in [6.07, 6.45) is 2.07. The fourth-order valence-electron chi connectivity index (χ4n) is 3.55. The number of hydrogen-bond acceptors (Lipinski definition) is 4. The van der Waals surface area contributed by atoms with Crippen LogP contribution in [0.4, 0.5) is 4.79 Å². The van der Waals surface area contributed by atoms with Crippen LogP contribution in [0.25, 0.3) is 0 Å². The molecule has 1 saturated heterocycles. The van der Waals surface area contributed by atoms with Crippen LogP contribution in [-0.2, 0) is 4.79 Å². The first-order chi connectivity index (χ1) is 12.9. The number of amides is 3. The van der Waals surface area contributed by atoms with Crippen molar-refractivity contribution in [2.45, 2.75) is 44.7 Å². The maximum absolute atomic E-state index is 12.9. The zero-order chi connectivity index (χ0) is 19.6. The number of hydrogen-bond donors (Lipinski definition) is 2. The Morgan fingerprint density at radius 3 is 2.48 bits per heavy atom. The summed E-state index contributed by atoms with van der Waals surface area (Å²) in [5.74, 6) is 0.963. The number of carbonyl (C=O) groups excluding carboxylic acids is 2. The molecule has 27 heavy (non-hydrogen) atoms. The number of rotatable bonds is 6. The van der Waals surface area contributed by atoms with E-state index in [-0.39, 0.29) is 35.9 Å². The van der Waals surface area contributed by atoms with Crippen molar-refractivity contribution in [1.29, 1.82) is 0 Å². The normalized spacial score (nSPS) is 21.9. The molecule has 1 aliphatic carbocycles. The standard InChI is InChI=1S/C20H29N3O4/c1-12(2)21-20(25)23-10-16(17(11-23)19(24)22-13-5-6-13)15-8-7-14(26-3)9-18(15)27-4/h7-9,12-13,16-17H,5-6,10-11H2,1-4H3,(H,21,25)(H,22,24). The summed E-state index contributed by atoms with van der Waals surface area (Å²) in [5, 5.41) is 6.01. The summed E-state index contributed by atoms with van der Waals surface area (Å²) in [7, 11) is 3.21. The van der Waals surface area contributed by atoms with Crippen molar-refractivity contribution in [3.63, 3.8) is 0 Å². The summed E-state index contributed by atoms with van der Waals surface area (Å²) in [6.45, 7) is 4.73. The Balaban J connectivity index is 1.86. The molecule has 7 nitrogen and oxygen atoms in total. The highest BCUT2D eigenvalue weighted by atomic mass is 16.5. The first-order valence-electron chi connectivity index (χ1n) is 9.50. The van der Waals surface area contributed by atoms with Crippen LogP contribution >= 0.6 is 0 Å². The van der Waals surface area contributed by atoms with E-state index in [9.17, 15) is 9.59 Å². The Hall–Kier alpha value is -2.44. The molecule has 1 aliphatic heterocycles. The average molecular weight is 375 g/mol. The molecule has 1 saturated carbocycles. The molecule has 2 aliphatic rings. The number of methoxy groups -OCH3 is 2. The van der Waals surface area contributed by atoms with Crippen LogP contribution in [0.15, 0.2) is 18.2 Å². The van der Waals surface area contributed by atoms with Crippen molar-refractivity contribution >= 4 is 11.9 Å². The molecule has 3 rings (SSSR count). The van der Waals surface area contributed by atoms with Gasteiger partial charge in [0, 0.05) is 42.7 Å². The van der Waals surface area contributed by atoms with E-state index in [4.69, 9.17) is 9.47 Å². The van der Waals surface area contributed by atoms with Crippen molar-refractivity contribution < 1.29 is 19.1 Å². The third kappa shape index (κ3) is 4.46. The van der Waals surface area contributed by atoms with Crippen molar-refractivity contribution in [2.24, 2.45) is 5.92 Å². The maximum atomic E-state index is 12.9. The van der Waals surface area contributed by atoms with Crippen LogP contribution < -0.4 is 20.1 Å². The molecule has 1 heterocycles. The molecule has 1 aromatic rings. The summed E-state index contributed by atoms with van der Waals surface area (Å²) in [4.78, 5) is 27.1. The van der Waals surface area contributed by atoms with E-state index in [0.29, 0.717) is 24.6 Å². The second-order valence-corrected chi connectivity index (χ2v) is 7.61. The summed E-state index contributed by atoms with van der Waals surface area (Å²) < 4.78 is 10.8. The van der Waals surface area contributed by atoms with Crippen LogP contribution in [0.5, 0.6) is 11.5 Å². The topological polar surface area (TPSA) is 79.9 Å². The molecule has 0 spiro atoms. The number of nitrogens with zero attached hydrogens (tertiary/aromatic N) is 1. The van der Waals surface area contributed by atoms with E-state index in [0.717, 1.165) is 18.4 Å². The number of nitrogens with one attached hydrogen (secondary N) is 2. The van der Waals surface area contributed by atoms with Crippen LogP contribution in [0.3, 0.4) is 0 Å². The first-order valence-corrected chi connectivity index (χ1v) is 9.50. The van der Waals surface area contributed by atoms with Gasteiger partial charge >= 0.3 is 6.03 Å². The summed E-state index contributed by atoms with van der Waals surface area (Å²) >= 11 is 0. The van der Waals surface area contributed by atoms with Gasteiger partial charge in [-0.05, 0) is 32.8 Å². The predicted molar refractivity (Wildman–Crippen MR) is 102 cm³/mol. The number of likely N-dealkylation sites (tertiary alicyclic amines) is 1. The SMILES string of the molecule is COc1ccc(C2CN(C(=O)NC(C)C)CC2C(=O)NC2CC2)c(OC)c1. The van der Waals surface area contributed by atoms with Gasteiger partial charge in [-0.1, -0.05) is 6.07 Å². The van der Waals surface area contributed by atoms with Crippen LogP contribution in [-0.4, -0.2) is 56.2 Å². The summed E-state index contributed by atoms with van der Waals surface area (Å²) in [6, 6.07) is 5.82. The molecule has 7 heteroatoms. The highest BCUT2D eigenvalue weighted by molar-refractivity contribution is 5.83. The van der Waals surface area contributed by atoms with Crippen LogP contribution in [0.1, 0.15) is 38.2 Å². The quantitative estimate of drug-likeness (QED) is 0.798. The smallest absolute Gasteiger partial charge is 0.317 e. The molecular weight excluding hydrogens is 346 g/mol. The van der Waals surface area contributed by atoms with Crippen molar-refractivity contribution in [3.8, 4) is 11.5 Å². The van der Waals surface area contributed by atoms with Gasteiger partial charge in [-0.2, -0.15) is 0 Å². The zero-order valence-corrected chi connectivity index (χ0v) is 16.5. The molecule has 2 fully saturated rings. The number of benzene rings is 1. The minimum atomic E-state index is -0.300. The van der Waals surface area contributed by atoms with Crippen LogP contribution in [0, 0.1) is 5.92 Å². The van der Waals surface area contributed by atoms with E-state index in [1.54, 1.807) is 19.1 Å². The third-order valence-electron chi connectivity index (χ3n) is 5.12. The predicted octanol–water partition coefficient (Wildman–Crippen LogP) is 2.12. The Labute approximate surface area is 160 Å². The van der Waals surface area contributed by atoms with Crippen molar-refractivity contribution in [1.82, 2.24) is 15.5 Å². The fourth-order valence-corrected chi connectivity index (χ4v) is 3.55. The van der Waals surface area contributed by atoms with Gasteiger partial charge in [0.05, 0.1) is 20.1 Å². The highest BCUT2D eigenvalue weighted by Gasteiger charge is 2.42. The molecule has 2 unspecified atom stereocenters. The minimum absolute atomic E-state index is 0.0141. The maximum Gasteiger partial charge on any atom is 0.317 e. The van der Waals surface area contributed by atoms with Gasteiger partial charge in [0.2, 0.25) is 5.91 Å². The Kier molecular flexibility index (Phi) is 5.77. The minimum Gasteiger partial charge on any atom is -0.497 e. The molecular formula is C20H29N3O4. The second-order valence-electron chi connectivity index (χ2n) is 7.61. The molecule has 2 atom stereocenters. The largest absolute Gasteiger partial charge is 0.497 e. The lowest BCUT2D eigenvalue weighted by Crippen LogP contribution is -2.42. The van der Waals surface area contributed by atoms with Crippen LogP contribution in [0.2, 0.25) is 0 Å². The van der Waals surface area contributed by atoms with E-state index in [2.05, 4.69) is 10.6 Å². The fraction of sp³-hybridized carbons (Fsp3) is 0.600. The molecule has 3 amide bonds. The summed E-state index contributed by atoms with van der Waals surface area (Å²) in [5.41, 5.74) is 0.925. The van der Waals surface area contributed by atoms with Crippen molar-refractivity contribution in [3.05, 3.63) is 23.8 Å². The van der Waals surface area contributed by atoms with E-state index >= 15 is 0 Å². The van der Waals surface area contributed by atoms with E-state index in [1.807, 2.05) is 32.0 Å². The lowest BCUT2D eigenvalue weighted by Gasteiger charge is -2.21. The van der Waals surface area contributed by atoms with Gasteiger partial charge in [0.1, 0.15) is 11.5 Å². The molecule has 1 aromatic carbocycles. The van der Waals surface area contributed by atoms with Gasteiger partial charge in [0.15, 0.2) is 0 Å². The van der Waals surface area contributed by atoms with E-state index in [1.165, 1.54) is 0 Å². The molecule has 148 valence electrons. The molecule has 0 bridgehead atoms. The molecule has 2 N–H and O–H groups in total.